The molecule has 0 aromatic heterocycles. The van der Waals surface area contributed by atoms with Crippen molar-refractivity contribution in [1.82, 2.24) is 0 Å². The molecule has 0 saturated carbocycles. The van der Waals surface area contributed by atoms with Gasteiger partial charge < -0.3 is 33.8 Å². The minimum atomic E-state index is -4.96. The number of carbonyl (C=O) groups is 4. The number of rotatable bonds is 78. The summed E-state index contributed by atoms with van der Waals surface area (Å²) in [7, 11) is -9.92. The van der Waals surface area contributed by atoms with Gasteiger partial charge >= 0.3 is 39.5 Å². The maximum absolute atomic E-state index is 13.1. The minimum absolute atomic E-state index is 0.106. The van der Waals surface area contributed by atoms with E-state index in [-0.39, 0.29) is 25.7 Å². The van der Waals surface area contributed by atoms with Gasteiger partial charge in [0.2, 0.25) is 0 Å². The number of esters is 4. The Morgan fingerprint density at radius 3 is 0.710 bits per heavy atom. The molecule has 4 unspecified atom stereocenters. The van der Waals surface area contributed by atoms with Crippen molar-refractivity contribution in [3.05, 3.63) is 0 Å². The average molecular weight is 1470 g/mol. The molecule has 0 rings (SSSR count). The Bertz CT molecular complexity index is 1960. The van der Waals surface area contributed by atoms with E-state index in [1.807, 2.05) is 0 Å². The van der Waals surface area contributed by atoms with Crippen LogP contribution in [0, 0.1) is 23.7 Å². The van der Waals surface area contributed by atoms with E-state index in [9.17, 15) is 43.2 Å². The number of aliphatic hydroxyl groups is 1. The van der Waals surface area contributed by atoms with Gasteiger partial charge in [-0.2, -0.15) is 0 Å². The van der Waals surface area contributed by atoms with Crippen molar-refractivity contribution in [3.8, 4) is 0 Å². The molecule has 100 heavy (non-hydrogen) atoms. The summed E-state index contributed by atoms with van der Waals surface area (Å²) >= 11 is 0. The van der Waals surface area contributed by atoms with Crippen molar-refractivity contribution < 1.29 is 80.2 Å². The molecular weight excluding hydrogens is 1310 g/mol. The molecular formula is C81H158O17P2. The number of hydrogen-bond acceptors (Lipinski definition) is 15. The van der Waals surface area contributed by atoms with Gasteiger partial charge in [0, 0.05) is 25.7 Å². The lowest BCUT2D eigenvalue weighted by Gasteiger charge is -2.21. The molecule has 19 heteroatoms. The zero-order chi connectivity index (χ0) is 73.8. The Hall–Kier alpha value is -1.94. The van der Waals surface area contributed by atoms with Crippen molar-refractivity contribution in [2.75, 3.05) is 39.6 Å². The summed E-state index contributed by atoms with van der Waals surface area (Å²) in [5, 5.41) is 10.6. The third-order valence-electron chi connectivity index (χ3n) is 19.2. The number of ether oxygens (including phenoxy) is 4. The topological polar surface area (TPSA) is 237 Å². The molecule has 0 radical (unpaired) electrons. The second kappa shape index (κ2) is 70.1. The fourth-order valence-electron chi connectivity index (χ4n) is 12.4. The van der Waals surface area contributed by atoms with Crippen LogP contribution in [0.1, 0.15) is 415 Å². The van der Waals surface area contributed by atoms with Gasteiger partial charge in [-0.1, -0.05) is 364 Å². The first kappa shape index (κ1) is 98.1. The van der Waals surface area contributed by atoms with Crippen LogP contribution < -0.4 is 0 Å². The second-order valence-corrected chi connectivity index (χ2v) is 33.7. The average Bonchev–Trinajstić information content (AvgIpc) is 0.917. The van der Waals surface area contributed by atoms with Crippen LogP contribution in [-0.2, 0) is 65.4 Å². The van der Waals surface area contributed by atoms with E-state index in [1.165, 1.54) is 212 Å². The Morgan fingerprint density at radius 1 is 0.280 bits per heavy atom. The fraction of sp³-hybridized carbons (Fsp3) is 0.951. The van der Waals surface area contributed by atoms with Gasteiger partial charge in [-0.15, -0.1) is 0 Å². The molecule has 0 saturated heterocycles. The van der Waals surface area contributed by atoms with Crippen LogP contribution in [0.2, 0.25) is 0 Å². The van der Waals surface area contributed by atoms with Crippen LogP contribution in [0.5, 0.6) is 0 Å². The van der Waals surface area contributed by atoms with E-state index in [0.29, 0.717) is 31.6 Å². The van der Waals surface area contributed by atoms with Gasteiger partial charge in [-0.3, -0.25) is 37.3 Å². The molecule has 0 aliphatic carbocycles. The van der Waals surface area contributed by atoms with Gasteiger partial charge in [0.05, 0.1) is 26.4 Å². The van der Waals surface area contributed by atoms with Crippen LogP contribution in [-0.4, -0.2) is 96.7 Å². The molecule has 3 N–H and O–H groups in total. The molecule has 594 valence electrons. The third kappa shape index (κ3) is 73.0. The molecule has 0 aliphatic rings. The molecule has 0 aromatic carbocycles. The Kier molecular flexibility index (Phi) is 68.7. The van der Waals surface area contributed by atoms with Crippen LogP contribution in [0.25, 0.3) is 0 Å². The summed E-state index contributed by atoms with van der Waals surface area (Å²) in [5.74, 6) is 1.01. The lowest BCUT2D eigenvalue weighted by Crippen LogP contribution is -2.30. The maximum atomic E-state index is 13.1. The van der Waals surface area contributed by atoms with Gasteiger partial charge in [-0.05, 0) is 49.4 Å². The third-order valence-corrected chi connectivity index (χ3v) is 21.1. The summed E-state index contributed by atoms with van der Waals surface area (Å²) in [6.07, 6.45) is 56.9. The molecule has 0 spiro atoms. The van der Waals surface area contributed by atoms with E-state index in [2.05, 4.69) is 55.4 Å². The summed E-state index contributed by atoms with van der Waals surface area (Å²) in [4.78, 5) is 73.0. The van der Waals surface area contributed by atoms with Crippen molar-refractivity contribution in [3.63, 3.8) is 0 Å². The predicted molar refractivity (Wildman–Crippen MR) is 409 cm³/mol. The number of carbonyl (C=O) groups excluding carboxylic acids is 4. The number of aliphatic hydroxyl groups excluding tert-OH is 1. The SMILES string of the molecule is CCC(C)CCCCCCCCCCCCCCCCC(=O)OC[C@H](COP(=O)(O)OCC(O)COP(=O)(O)OC[C@@H](COC(=O)CCCCCCCCCC(C)C)OC(=O)CCCCCCCCCCCCCCCCCC(C)C)OC(=O)CCCCCCCCCCCCCC(C)C. The Morgan fingerprint density at radius 2 is 0.480 bits per heavy atom. The molecule has 17 nitrogen and oxygen atoms in total. The largest absolute Gasteiger partial charge is 0.472 e. The first-order valence-corrected chi connectivity index (χ1v) is 44.7. The zero-order valence-electron chi connectivity index (χ0n) is 65.8. The quantitative estimate of drug-likeness (QED) is 0.0222. The number of hydrogen-bond donors (Lipinski definition) is 3. The maximum Gasteiger partial charge on any atom is 0.472 e. The minimum Gasteiger partial charge on any atom is -0.462 e. The Labute approximate surface area is 613 Å². The highest BCUT2D eigenvalue weighted by Gasteiger charge is 2.30. The van der Waals surface area contributed by atoms with Crippen LogP contribution in [0.4, 0.5) is 0 Å². The van der Waals surface area contributed by atoms with Gasteiger partial charge in [0.25, 0.3) is 0 Å². The molecule has 0 aromatic rings. The first-order chi connectivity index (χ1) is 48.1. The summed E-state index contributed by atoms with van der Waals surface area (Å²) in [6.45, 7) is 14.3. The molecule has 0 bridgehead atoms. The smallest absolute Gasteiger partial charge is 0.462 e. The predicted octanol–water partition coefficient (Wildman–Crippen LogP) is 24.0. The fourth-order valence-corrected chi connectivity index (χ4v) is 14.0. The first-order valence-electron chi connectivity index (χ1n) is 41.7. The molecule has 6 atom stereocenters. The van der Waals surface area contributed by atoms with E-state index < -0.39 is 97.5 Å². The van der Waals surface area contributed by atoms with Crippen molar-refractivity contribution >= 4 is 39.5 Å². The van der Waals surface area contributed by atoms with Crippen LogP contribution in [0.3, 0.4) is 0 Å². The Balaban J connectivity index is 5.23. The highest BCUT2D eigenvalue weighted by atomic mass is 31.2. The van der Waals surface area contributed by atoms with E-state index >= 15 is 0 Å². The monoisotopic (exact) mass is 1470 g/mol. The number of phosphoric acid groups is 2. The lowest BCUT2D eigenvalue weighted by molar-refractivity contribution is -0.161. The molecule has 0 amide bonds. The summed E-state index contributed by atoms with van der Waals surface area (Å²) in [5.41, 5.74) is 0. The van der Waals surface area contributed by atoms with E-state index in [1.54, 1.807) is 0 Å². The summed E-state index contributed by atoms with van der Waals surface area (Å²) in [6, 6.07) is 0. The molecule has 0 heterocycles. The van der Waals surface area contributed by atoms with Gasteiger partial charge in [0.15, 0.2) is 12.2 Å². The standard InChI is InChI=1S/C81H158O17P2/c1-9-74(8)60-52-44-36-28-22-16-13-14-17-23-29-37-45-53-61-78(83)91-67-76(97-81(86)64-56-48-39-31-25-19-21-27-34-42-50-58-72(4)5)69-95-99(87,88)93-65-75(82)66-94-100(89,90)96-70-77(68-92-79(84)62-54-46-40-32-35-43-51-59-73(6)7)98-80(85)63-55-47-38-30-24-18-12-10-11-15-20-26-33-41-49-57-71(2)3/h71-77,82H,9-70H2,1-8H3,(H,87,88)(H,89,90)/t74?,75?,76-,77-/m1/s1. The lowest BCUT2D eigenvalue weighted by atomic mass is 9.99. The van der Waals surface area contributed by atoms with Gasteiger partial charge in [0.1, 0.15) is 19.3 Å². The molecule has 0 fully saturated rings. The molecule has 0 aliphatic heterocycles. The highest BCUT2D eigenvalue weighted by molar-refractivity contribution is 7.47. The second-order valence-electron chi connectivity index (χ2n) is 30.8. The normalized spacial score (nSPS) is 14.3. The van der Waals surface area contributed by atoms with E-state index in [0.717, 1.165) is 114 Å². The van der Waals surface area contributed by atoms with Crippen LogP contribution >= 0.6 is 15.6 Å². The summed E-state index contributed by atoms with van der Waals surface area (Å²) < 4.78 is 68.7. The van der Waals surface area contributed by atoms with Crippen molar-refractivity contribution in [2.24, 2.45) is 23.7 Å². The number of phosphoric ester groups is 2. The van der Waals surface area contributed by atoms with Crippen molar-refractivity contribution in [1.29, 1.82) is 0 Å². The van der Waals surface area contributed by atoms with Gasteiger partial charge in [-0.25, -0.2) is 9.13 Å². The highest BCUT2D eigenvalue weighted by Crippen LogP contribution is 2.45. The van der Waals surface area contributed by atoms with Crippen molar-refractivity contribution in [2.45, 2.75) is 433 Å². The zero-order valence-corrected chi connectivity index (χ0v) is 67.6. The van der Waals surface area contributed by atoms with Crippen LogP contribution in [0.15, 0.2) is 0 Å². The van der Waals surface area contributed by atoms with E-state index in [4.69, 9.17) is 37.0 Å². The number of unbranched alkanes of at least 4 members (excludes halogenated alkanes) is 43.